The van der Waals surface area contributed by atoms with E-state index in [2.05, 4.69) is 0 Å². The van der Waals surface area contributed by atoms with Crippen LogP contribution in [0.15, 0.2) is 24.3 Å². The highest BCUT2D eigenvalue weighted by molar-refractivity contribution is 7.97. The van der Waals surface area contributed by atoms with Crippen molar-refractivity contribution in [3.63, 3.8) is 0 Å². The highest BCUT2D eigenvalue weighted by Crippen LogP contribution is 2.25. The van der Waals surface area contributed by atoms with Gasteiger partial charge in [0.2, 0.25) is 10.0 Å². The summed E-state index contributed by atoms with van der Waals surface area (Å²) in [5, 5.41) is -0.830. The van der Waals surface area contributed by atoms with E-state index in [1.165, 1.54) is 11.4 Å². The molecule has 1 aromatic carbocycles. The zero-order valence-electron chi connectivity index (χ0n) is 10.9. The summed E-state index contributed by atoms with van der Waals surface area (Å²) in [6.45, 7) is 1.92. The van der Waals surface area contributed by atoms with Crippen LogP contribution in [0.2, 0.25) is 0 Å². The van der Waals surface area contributed by atoms with Crippen LogP contribution in [0.25, 0.3) is 0 Å². The van der Waals surface area contributed by atoms with Gasteiger partial charge in [0.25, 0.3) is 0 Å². The predicted molar refractivity (Wildman–Crippen MR) is 75.6 cm³/mol. The molecule has 1 aliphatic heterocycles. The molecule has 7 heteroatoms. The SMILES string of the molecule is Cc1ccc(N(C)S(=O)(=O)C2CCS(=O)(=O)C2)cc1. The summed E-state index contributed by atoms with van der Waals surface area (Å²) in [4.78, 5) is 0. The maximum absolute atomic E-state index is 12.4. The maximum atomic E-state index is 12.4. The number of benzene rings is 1. The van der Waals surface area contributed by atoms with Gasteiger partial charge >= 0.3 is 0 Å². The van der Waals surface area contributed by atoms with Crippen molar-refractivity contribution in [1.29, 1.82) is 0 Å². The predicted octanol–water partition coefficient (Wildman–Crippen LogP) is 0.948. The fourth-order valence-corrected chi connectivity index (χ4v) is 6.40. The molecule has 0 radical (unpaired) electrons. The first-order valence-electron chi connectivity index (χ1n) is 5.97. The number of hydrogen-bond donors (Lipinski definition) is 0. The van der Waals surface area contributed by atoms with Crippen molar-refractivity contribution in [2.75, 3.05) is 22.9 Å². The van der Waals surface area contributed by atoms with Gasteiger partial charge in [-0.3, -0.25) is 4.31 Å². The fourth-order valence-electron chi connectivity index (χ4n) is 2.12. The molecule has 1 aliphatic rings. The van der Waals surface area contributed by atoms with Crippen LogP contribution in [0.1, 0.15) is 12.0 Å². The molecule has 0 aromatic heterocycles. The van der Waals surface area contributed by atoms with Crippen LogP contribution in [0.3, 0.4) is 0 Å². The van der Waals surface area contributed by atoms with E-state index in [9.17, 15) is 16.8 Å². The van der Waals surface area contributed by atoms with Crippen LogP contribution in [0, 0.1) is 6.92 Å². The number of nitrogens with zero attached hydrogens (tertiary/aromatic N) is 1. The monoisotopic (exact) mass is 303 g/mol. The van der Waals surface area contributed by atoms with Crippen molar-refractivity contribution in [2.24, 2.45) is 0 Å². The number of rotatable bonds is 3. The zero-order chi connectivity index (χ0) is 14.3. The molecule has 5 nitrogen and oxygen atoms in total. The van der Waals surface area contributed by atoms with Crippen LogP contribution in [0.4, 0.5) is 5.69 Å². The summed E-state index contributed by atoms with van der Waals surface area (Å²) in [5.74, 6) is -0.315. The number of anilines is 1. The molecule has 1 atom stereocenters. The average Bonchev–Trinajstić information content (AvgIpc) is 2.70. The molecule has 106 valence electrons. The van der Waals surface area contributed by atoms with E-state index in [0.29, 0.717) is 5.69 Å². The van der Waals surface area contributed by atoms with Crippen molar-refractivity contribution < 1.29 is 16.8 Å². The molecule has 1 aromatic rings. The first-order valence-corrected chi connectivity index (χ1v) is 9.30. The second-order valence-corrected chi connectivity index (χ2v) is 9.35. The van der Waals surface area contributed by atoms with Gasteiger partial charge in [-0.2, -0.15) is 0 Å². The van der Waals surface area contributed by atoms with Crippen molar-refractivity contribution in [3.8, 4) is 0 Å². The van der Waals surface area contributed by atoms with Gasteiger partial charge < -0.3 is 0 Å². The lowest BCUT2D eigenvalue weighted by Crippen LogP contribution is -2.36. The lowest BCUT2D eigenvalue weighted by molar-refractivity contribution is 0.580. The van der Waals surface area contributed by atoms with Gasteiger partial charge in [0.15, 0.2) is 9.84 Å². The van der Waals surface area contributed by atoms with Gasteiger partial charge in [0.05, 0.1) is 22.4 Å². The van der Waals surface area contributed by atoms with Crippen molar-refractivity contribution in [2.45, 2.75) is 18.6 Å². The lowest BCUT2D eigenvalue weighted by Gasteiger charge is -2.22. The smallest absolute Gasteiger partial charge is 0.238 e. The van der Waals surface area contributed by atoms with Gasteiger partial charge in [-0.15, -0.1) is 0 Å². The van der Waals surface area contributed by atoms with E-state index < -0.39 is 25.1 Å². The van der Waals surface area contributed by atoms with Crippen LogP contribution in [-0.4, -0.2) is 40.6 Å². The summed E-state index contributed by atoms with van der Waals surface area (Å²) in [6, 6.07) is 7.09. The lowest BCUT2D eigenvalue weighted by atomic mass is 10.2. The molecule has 0 bridgehead atoms. The Labute approximate surface area is 114 Å². The molecule has 0 N–H and O–H groups in total. The summed E-state index contributed by atoms with van der Waals surface area (Å²) < 4.78 is 48.7. The number of aryl methyl sites for hydroxylation is 1. The Morgan fingerprint density at radius 1 is 1.21 bits per heavy atom. The van der Waals surface area contributed by atoms with Crippen molar-refractivity contribution in [3.05, 3.63) is 29.8 Å². The molecule has 0 aliphatic carbocycles. The van der Waals surface area contributed by atoms with Gasteiger partial charge in [-0.1, -0.05) is 17.7 Å². The standard InChI is InChI=1S/C12H17NO4S2/c1-10-3-5-11(6-4-10)13(2)19(16,17)12-7-8-18(14,15)9-12/h3-6,12H,7-9H2,1-2H3. The van der Waals surface area contributed by atoms with E-state index in [0.717, 1.165) is 5.56 Å². The van der Waals surface area contributed by atoms with E-state index in [1.54, 1.807) is 12.1 Å². The molecule has 0 amide bonds. The number of hydrogen-bond acceptors (Lipinski definition) is 4. The minimum Gasteiger partial charge on any atom is -0.273 e. The van der Waals surface area contributed by atoms with Crippen LogP contribution < -0.4 is 4.31 Å². The van der Waals surface area contributed by atoms with E-state index in [4.69, 9.17) is 0 Å². The molecule has 1 heterocycles. The zero-order valence-corrected chi connectivity index (χ0v) is 12.5. The minimum atomic E-state index is -3.62. The quantitative estimate of drug-likeness (QED) is 0.833. The largest absolute Gasteiger partial charge is 0.273 e. The van der Waals surface area contributed by atoms with Crippen LogP contribution >= 0.6 is 0 Å². The Hall–Kier alpha value is -1.08. The molecule has 1 fully saturated rings. The van der Waals surface area contributed by atoms with Gasteiger partial charge in [0.1, 0.15) is 0 Å². The summed E-state index contributed by atoms with van der Waals surface area (Å²) >= 11 is 0. The topological polar surface area (TPSA) is 71.5 Å². The maximum Gasteiger partial charge on any atom is 0.238 e. The third-order valence-corrected chi connectivity index (χ3v) is 7.59. The third kappa shape index (κ3) is 2.92. The van der Waals surface area contributed by atoms with Crippen LogP contribution in [-0.2, 0) is 19.9 Å². The molecule has 1 saturated heterocycles. The van der Waals surface area contributed by atoms with Crippen molar-refractivity contribution >= 4 is 25.5 Å². The highest BCUT2D eigenvalue weighted by atomic mass is 32.2. The second-order valence-electron chi connectivity index (χ2n) is 4.87. The van der Waals surface area contributed by atoms with Gasteiger partial charge in [-0.25, -0.2) is 16.8 Å². The molecule has 19 heavy (non-hydrogen) atoms. The van der Waals surface area contributed by atoms with Gasteiger partial charge in [-0.05, 0) is 25.5 Å². The fraction of sp³-hybridized carbons (Fsp3) is 0.500. The Bertz CT molecular complexity index is 662. The Morgan fingerprint density at radius 3 is 2.26 bits per heavy atom. The molecular weight excluding hydrogens is 286 g/mol. The number of sulfonamides is 1. The Kier molecular flexibility index (Phi) is 3.61. The number of sulfone groups is 1. The highest BCUT2D eigenvalue weighted by Gasteiger charge is 2.39. The van der Waals surface area contributed by atoms with Crippen LogP contribution in [0.5, 0.6) is 0 Å². The summed E-state index contributed by atoms with van der Waals surface area (Å²) in [6.07, 6.45) is 0.181. The normalized spacial score (nSPS) is 22.3. The molecule has 0 spiro atoms. The second kappa shape index (κ2) is 4.79. The summed E-state index contributed by atoms with van der Waals surface area (Å²) in [7, 11) is -5.37. The van der Waals surface area contributed by atoms with E-state index >= 15 is 0 Å². The Balaban J connectivity index is 2.27. The van der Waals surface area contributed by atoms with E-state index in [-0.39, 0.29) is 17.9 Å². The molecule has 1 unspecified atom stereocenters. The molecular formula is C12H17NO4S2. The third-order valence-electron chi connectivity index (χ3n) is 3.39. The average molecular weight is 303 g/mol. The molecule has 2 rings (SSSR count). The molecule has 0 saturated carbocycles. The minimum absolute atomic E-state index is 0.0430. The van der Waals surface area contributed by atoms with Gasteiger partial charge in [0, 0.05) is 7.05 Å². The first kappa shape index (κ1) is 14.3. The van der Waals surface area contributed by atoms with E-state index in [1.807, 2.05) is 19.1 Å². The first-order chi connectivity index (χ1) is 8.72. The Morgan fingerprint density at radius 2 is 1.79 bits per heavy atom. The van der Waals surface area contributed by atoms with Crippen molar-refractivity contribution in [1.82, 2.24) is 0 Å². The summed E-state index contributed by atoms with van der Waals surface area (Å²) in [5.41, 5.74) is 1.59.